The molecule has 0 aliphatic heterocycles. The lowest BCUT2D eigenvalue weighted by atomic mass is 9.99. The second-order valence-corrected chi connectivity index (χ2v) is 5.28. The Morgan fingerprint density at radius 3 is 2.71 bits per heavy atom. The van der Waals surface area contributed by atoms with Crippen molar-refractivity contribution in [1.82, 2.24) is 4.98 Å². The number of ether oxygens (including phenoxy) is 1. The average Bonchev–Trinajstić information content (AvgIpc) is 2.19. The van der Waals surface area contributed by atoms with Crippen LogP contribution in [0.1, 0.15) is 47.5 Å². The first-order valence-corrected chi connectivity index (χ1v) is 6.34. The van der Waals surface area contributed by atoms with Crippen LogP contribution in [0.15, 0.2) is 18.3 Å². The van der Waals surface area contributed by atoms with E-state index < -0.39 is 0 Å². The summed E-state index contributed by atoms with van der Waals surface area (Å²) in [5.41, 5.74) is 0.0399. The van der Waals surface area contributed by atoms with Crippen LogP contribution in [0.5, 0.6) is 5.75 Å². The Morgan fingerprint density at radius 1 is 1.41 bits per heavy atom. The summed E-state index contributed by atoms with van der Waals surface area (Å²) >= 11 is 0. The van der Waals surface area contributed by atoms with E-state index in [9.17, 15) is 0 Å². The molecule has 17 heavy (non-hydrogen) atoms. The molecule has 0 aromatic carbocycles. The van der Waals surface area contributed by atoms with E-state index in [1.54, 1.807) is 6.20 Å². The van der Waals surface area contributed by atoms with Gasteiger partial charge in [0, 0.05) is 11.7 Å². The molecular formula is C14H24N2O. The highest BCUT2D eigenvalue weighted by atomic mass is 16.5. The van der Waals surface area contributed by atoms with Crippen LogP contribution in [-0.2, 0) is 0 Å². The number of rotatable bonds is 6. The maximum absolute atomic E-state index is 5.74. The molecule has 0 fully saturated rings. The summed E-state index contributed by atoms with van der Waals surface area (Å²) in [7, 11) is 0. The lowest BCUT2D eigenvalue weighted by Crippen LogP contribution is -2.31. The van der Waals surface area contributed by atoms with Crippen molar-refractivity contribution in [1.29, 1.82) is 0 Å². The maximum atomic E-state index is 5.74. The molecule has 0 amide bonds. The molecule has 3 heteroatoms. The standard InChI is InChI=1S/C14H24N2O/c1-6-9-14(4,5)16-13-12(17-11(2)3)8-7-10-15-13/h7-8,10-11H,6,9H2,1-5H3,(H,15,16). The third kappa shape index (κ3) is 4.63. The van der Waals surface area contributed by atoms with Gasteiger partial charge in [-0.2, -0.15) is 0 Å². The van der Waals surface area contributed by atoms with Gasteiger partial charge in [0.25, 0.3) is 0 Å². The van der Waals surface area contributed by atoms with Crippen molar-refractivity contribution in [2.24, 2.45) is 0 Å². The molecule has 1 rings (SSSR count). The van der Waals surface area contributed by atoms with Crippen LogP contribution in [0, 0.1) is 0 Å². The van der Waals surface area contributed by atoms with Gasteiger partial charge in [-0.05, 0) is 46.2 Å². The van der Waals surface area contributed by atoms with Crippen LogP contribution >= 0.6 is 0 Å². The molecule has 1 heterocycles. The molecule has 1 aromatic heterocycles. The van der Waals surface area contributed by atoms with Crippen molar-refractivity contribution in [3.05, 3.63) is 18.3 Å². The van der Waals surface area contributed by atoms with E-state index in [0.29, 0.717) is 0 Å². The lowest BCUT2D eigenvalue weighted by molar-refractivity contribution is 0.242. The minimum absolute atomic E-state index is 0.0399. The molecule has 0 spiro atoms. The van der Waals surface area contributed by atoms with Gasteiger partial charge in [0.15, 0.2) is 11.6 Å². The fraction of sp³-hybridized carbons (Fsp3) is 0.643. The van der Waals surface area contributed by atoms with E-state index in [2.05, 4.69) is 31.1 Å². The summed E-state index contributed by atoms with van der Waals surface area (Å²) in [5, 5.41) is 3.46. The zero-order chi connectivity index (χ0) is 12.9. The van der Waals surface area contributed by atoms with Crippen LogP contribution in [0.4, 0.5) is 5.82 Å². The fourth-order valence-electron chi connectivity index (χ4n) is 1.84. The second kappa shape index (κ2) is 5.89. The number of aromatic nitrogens is 1. The summed E-state index contributed by atoms with van der Waals surface area (Å²) < 4.78 is 5.74. The van der Waals surface area contributed by atoms with E-state index in [1.165, 1.54) is 0 Å². The molecule has 0 atom stereocenters. The molecule has 1 aromatic rings. The predicted octanol–water partition coefficient (Wildman–Crippen LogP) is 3.86. The van der Waals surface area contributed by atoms with Crippen molar-refractivity contribution >= 4 is 5.82 Å². The minimum Gasteiger partial charge on any atom is -0.487 e. The monoisotopic (exact) mass is 236 g/mol. The number of hydrogen-bond acceptors (Lipinski definition) is 3. The molecular weight excluding hydrogens is 212 g/mol. The average molecular weight is 236 g/mol. The van der Waals surface area contributed by atoms with Crippen molar-refractivity contribution < 1.29 is 4.74 Å². The van der Waals surface area contributed by atoms with E-state index in [0.717, 1.165) is 24.4 Å². The van der Waals surface area contributed by atoms with Gasteiger partial charge in [-0.25, -0.2) is 4.98 Å². The van der Waals surface area contributed by atoms with Crippen LogP contribution in [-0.4, -0.2) is 16.6 Å². The Balaban J connectivity index is 2.82. The molecule has 0 saturated heterocycles. The summed E-state index contributed by atoms with van der Waals surface area (Å²) in [5.74, 6) is 1.66. The number of anilines is 1. The van der Waals surface area contributed by atoms with E-state index >= 15 is 0 Å². The molecule has 96 valence electrons. The first-order valence-electron chi connectivity index (χ1n) is 6.34. The predicted molar refractivity (Wildman–Crippen MR) is 72.6 cm³/mol. The van der Waals surface area contributed by atoms with Crippen molar-refractivity contribution in [2.75, 3.05) is 5.32 Å². The van der Waals surface area contributed by atoms with Gasteiger partial charge in [0.2, 0.25) is 0 Å². The molecule has 0 saturated carbocycles. The zero-order valence-electron chi connectivity index (χ0n) is 11.6. The summed E-state index contributed by atoms with van der Waals surface area (Å²) in [6.07, 6.45) is 4.20. The topological polar surface area (TPSA) is 34.2 Å². The Morgan fingerprint density at radius 2 is 2.12 bits per heavy atom. The molecule has 0 aliphatic rings. The van der Waals surface area contributed by atoms with Gasteiger partial charge >= 0.3 is 0 Å². The number of hydrogen-bond donors (Lipinski definition) is 1. The smallest absolute Gasteiger partial charge is 0.169 e. The first-order chi connectivity index (χ1) is 7.94. The maximum Gasteiger partial charge on any atom is 0.169 e. The second-order valence-electron chi connectivity index (χ2n) is 5.28. The largest absolute Gasteiger partial charge is 0.487 e. The quantitative estimate of drug-likeness (QED) is 0.814. The van der Waals surface area contributed by atoms with E-state index in [-0.39, 0.29) is 11.6 Å². The van der Waals surface area contributed by atoms with Gasteiger partial charge in [0.1, 0.15) is 0 Å². The normalized spacial score (nSPS) is 11.6. The zero-order valence-corrected chi connectivity index (χ0v) is 11.6. The Labute approximate surface area is 105 Å². The number of nitrogens with zero attached hydrogens (tertiary/aromatic N) is 1. The highest BCUT2D eigenvalue weighted by molar-refractivity contribution is 5.51. The first kappa shape index (κ1) is 13.8. The molecule has 0 unspecified atom stereocenters. The van der Waals surface area contributed by atoms with Crippen LogP contribution < -0.4 is 10.1 Å². The van der Waals surface area contributed by atoms with Crippen molar-refractivity contribution in [3.8, 4) is 5.75 Å². The van der Waals surface area contributed by atoms with Crippen molar-refractivity contribution in [2.45, 2.75) is 59.1 Å². The van der Waals surface area contributed by atoms with Gasteiger partial charge in [0.05, 0.1) is 6.10 Å². The summed E-state index contributed by atoms with van der Waals surface area (Å²) in [6, 6.07) is 3.85. The van der Waals surface area contributed by atoms with Gasteiger partial charge < -0.3 is 10.1 Å². The lowest BCUT2D eigenvalue weighted by Gasteiger charge is -2.27. The summed E-state index contributed by atoms with van der Waals surface area (Å²) in [6.45, 7) is 10.6. The fourth-order valence-corrected chi connectivity index (χ4v) is 1.84. The van der Waals surface area contributed by atoms with Gasteiger partial charge in [-0.3, -0.25) is 0 Å². The highest BCUT2D eigenvalue weighted by Crippen LogP contribution is 2.26. The molecule has 1 N–H and O–H groups in total. The minimum atomic E-state index is 0.0399. The summed E-state index contributed by atoms with van der Waals surface area (Å²) in [4.78, 5) is 4.36. The molecule has 0 bridgehead atoms. The van der Waals surface area contributed by atoms with Crippen LogP contribution in [0.3, 0.4) is 0 Å². The molecule has 0 aliphatic carbocycles. The van der Waals surface area contributed by atoms with E-state index in [1.807, 2.05) is 26.0 Å². The highest BCUT2D eigenvalue weighted by Gasteiger charge is 2.19. The third-order valence-corrected chi connectivity index (χ3v) is 2.47. The van der Waals surface area contributed by atoms with Crippen molar-refractivity contribution in [3.63, 3.8) is 0 Å². The third-order valence-electron chi connectivity index (χ3n) is 2.47. The van der Waals surface area contributed by atoms with Crippen LogP contribution in [0.25, 0.3) is 0 Å². The Bertz CT molecular complexity index is 348. The van der Waals surface area contributed by atoms with Gasteiger partial charge in [-0.1, -0.05) is 13.3 Å². The number of pyridine rings is 1. The Kier molecular flexibility index (Phi) is 4.79. The van der Waals surface area contributed by atoms with Gasteiger partial charge in [-0.15, -0.1) is 0 Å². The molecule has 3 nitrogen and oxygen atoms in total. The van der Waals surface area contributed by atoms with Crippen LogP contribution in [0.2, 0.25) is 0 Å². The molecule has 0 radical (unpaired) electrons. The SMILES string of the molecule is CCCC(C)(C)Nc1ncccc1OC(C)C. The number of nitrogens with one attached hydrogen (secondary N) is 1. The Hall–Kier alpha value is -1.25. The van der Waals surface area contributed by atoms with E-state index in [4.69, 9.17) is 4.74 Å².